The van der Waals surface area contributed by atoms with E-state index < -0.39 is 18.1 Å². The van der Waals surface area contributed by atoms with E-state index in [1.165, 1.54) is 0 Å². The van der Waals surface area contributed by atoms with E-state index in [1.54, 1.807) is 52.3 Å². The molecular formula is C32H32Cl2N2NaO4. The van der Waals surface area contributed by atoms with Crippen molar-refractivity contribution in [2.75, 3.05) is 6.54 Å². The first kappa shape index (κ1) is 32.9. The molecule has 0 aromatic heterocycles. The summed E-state index contributed by atoms with van der Waals surface area (Å²) in [5.74, 6) is -1.46. The van der Waals surface area contributed by atoms with Gasteiger partial charge in [0.05, 0.1) is 11.7 Å². The summed E-state index contributed by atoms with van der Waals surface area (Å²) < 4.78 is 0. The number of aliphatic carboxylic acids is 1. The minimum atomic E-state index is -0.936. The van der Waals surface area contributed by atoms with Gasteiger partial charge in [-0.1, -0.05) is 65.2 Å². The Kier molecular flexibility index (Phi) is 11.7. The third-order valence-electron chi connectivity index (χ3n) is 7.23. The Balaban J connectivity index is 0.00000462. The molecule has 2 amide bonds. The Morgan fingerprint density at radius 2 is 1.54 bits per heavy atom. The number of halogens is 2. The molecular weight excluding hydrogens is 570 g/mol. The number of carbonyl (C=O) groups is 3. The zero-order valence-electron chi connectivity index (χ0n) is 23.7. The Morgan fingerprint density at radius 3 is 2.15 bits per heavy atom. The van der Waals surface area contributed by atoms with Crippen LogP contribution in [0.4, 0.5) is 0 Å². The molecule has 0 fully saturated rings. The Labute approximate surface area is 273 Å². The van der Waals surface area contributed by atoms with Crippen molar-refractivity contribution in [3.63, 3.8) is 0 Å². The fraction of sp³-hybridized carbons (Fsp3) is 0.281. The van der Waals surface area contributed by atoms with E-state index in [9.17, 15) is 14.4 Å². The van der Waals surface area contributed by atoms with E-state index in [0.29, 0.717) is 34.1 Å². The second-order valence-corrected chi connectivity index (χ2v) is 11.0. The van der Waals surface area contributed by atoms with Gasteiger partial charge in [0.2, 0.25) is 5.91 Å². The van der Waals surface area contributed by atoms with Gasteiger partial charge in [0.25, 0.3) is 5.91 Å². The van der Waals surface area contributed by atoms with Crippen molar-refractivity contribution in [2.24, 2.45) is 0 Å². The Hall–Kier alpha value is -2.61. The number of aryl methyl sites for hydroxylation is 2. The number of unbranched alkanes of at least 4 members (excludes halogenated alkanes) is 1. The molecule has 209 valence electrons. The summed E-state index contributed by atoms with van der Waals surface area (Å²) in [6, 6.07) is 18.7. The van der Waals surface area contributed by atoms with Crippen molar-refractivity contribution < 1.29 is 19.5 Å². The monoisotopic (exact) mass is 601 g/mol. The number of hydrogen-bond donors (Lipinski definition) is 1. The van der Waals surface area contributed by atoms with Crippen LogP contribution < -0.4 is 0 Å². The van der Waals surface area contributed by atoms with Crippen LogP contribution in [0.25, 0.3) is 5.70 Å². The summed E-state index contributed by atoms with van der Waals surface area (Å²) >= 11 is 12.3. The van der Waals surface area contributed by atoms with E-state index >= 15 is 0 Å². The Morgan fingerprint density at radius 1 is 0.927 bits per heavy atom. The molecule has 6 nitrogen and oxygen atoms in total. The number of carboxylic acids is 1. The van der Waals surface area contributed by atoms with Crippen molar-refractivity contribution in [2.45, 2.75) is 52.1 Å². The molecule has 4 rings (SSSR count). The van der Waals surface area contributed by atoms with Crippen LogP contribution in [0.15, 0.2) is 72.8 Å². The van der Waals surface area contributed by atoms with E-state index in [0.717, 1.165) is 22.3 Å². The number of amides is 2. The standard InChI is InChI=1S/C32H32Cl2N2O4.Na/c1-20-7-8-21(2)27(18-20)28-19-29(37)36(22(3)23-9-13-25(33)14-10-23)31(24-11-15-26(34)16-12-24)32(40)35(28)17-5-4-6-30(38)39;/h7-16,18-19,22,31H,4-6,17H2,1-3H3,(H,38,39);/t22-,31+;/m1./s1. The van der Waals surface area contributed by atoms with E-state index in [-0.39, 0.29) is 54.3 Å². The second kappa shape index (κ2) is 14.5. The fourth-order valence-electron chi connectivity index (χ4n) is 5.06. The molecule has 0 saturated carbocycles. The predicted molar refractivity (Wildman–Crippen MR) is 164 cm³/mol. The van der Waals surface area contributed by atoms with Crippen molar-refractivity contribution in [1.82, 2.24) is 9.80 Å². The summed E-state index contributed by atoms with van der Waals surface area (Å²) in [7, 11) is 0. The minimum Gasteiger partial charge on any atom is -0.481 e. The minimum absolute atomic E-state index is 0. The number of carboxylic acid groups (broad SMARTS) is 1. The molecule has 0 saturated heterocycles. The number of hydrogen-bond acceptors (Lipinski definition) is 3. The summed E-state index contributed by atoms with van der Waals surface area (Å²) in [6.45, 7) is 6.08. The SMILES string of the molecule is Cc1ccc(C)c(C2=CC(=O)N([C@H](C)c3ccc(Cl)cc3)[C@@H](c3ccc(Cl)cc3)C(=O)N2CCCCC(=O)O)c1.[Na]. The predicted octanol–water partition coefficient (Wildman–Crippen LogP) is 7.00. The average molecular weight is 603 g/mol. The van der Waals surface area contributed by atoms with Gasteiger partial charge in [-0.2, -0.15) is 0 Å². The van der Waals surface area contributed by atoms with Gasteiger partial charge in [-0.25, -0.2) is 0 Å². The van der Waals surface area contributed by atoms with E-state index in [1.807, 2.05) is 51.1 Å². The molecule has 0 bridgehead atoms. The van der Waals surface area contributed by atoms with Gasteiger partial charge in [-0.3, -0.25) is 14.4 Å². The van der Waals surface area contributed by atoms with Crippen LogP contribution >= 0.6 is 23.2 Å². The first-order chi connectivity index (χ1) is 19.1. The van der Waals surface area contributed by atoms with Crippen LogP contribution in [-0.2, 0) is 14.4 Å². The molecule has 1 aliphatic heterocycles. The number of nitrogens with zero attached hydrogens (tertiary/aromatic N) is 2. The van der Waals surface area contributed by atoms with Gasteiger partial charge in [-0.05, 0) is 80.6 Å². The van der Waals surface area contributed by atoms with Gasteiger partial charge >= 0.3 is 5.97 Å². The molecule has 1 aliphatic rings. The van der Waals surface area contributed by atoms with Gasteiger partial charge in [0, 0.05) is 64.2 Å². The van der Waals surface area contributed by atoms with Crippen molar-refractivity contribution in [3.05, 3.63) is 111 Å². The third kappa shape index (κ3) is 7.82. The van der Waals surface area contributed by atoms with Crippen LogP contribution in [-0.4, -0.2) is 68.8 Å². The van der Waals surface area contributed by atoms with Crippen molar-refractivity contribution in [3.8, 4) is 0 Å². The first-order valence-corrected chi connectivity index (χ1v) is 14.0. The maximum Gasteiger partial charge on any atom is 0.303 e. The Bertz CT molecular complexity index is 1440. The summed E-state index contributed by atoms with van der Waals surface area (Å²) in [5.41, 5.74) is 4.69. The largest absolute Gasteiger partial charge is 0.481 e. The average Bonchev–Trinajstić information content (AvgIpc) is 3.02. The molecule has 0 unspecified atom stereocenters. The molecule has 3 aromatic carbocycles. The van der Waals surface area contributed by atoms with Gasteiger partial charge in [0.1, 0.15) is 6.04 Å². The number of carbonyl (C=O) groups excluding carboxylic acids is 2. The summed E-state index contributed by atoms with van der Waals surface area (Å²) in [6.07, 6.45) is 2.42. The van der Waals surface area contributed by atoms with Gasteiger partial charge < -0.3 is 14.9 Å². The molecule has 0 spiro atoms. The van der Waals surface area contributed by atoms with Crippen LogP contribution in [0, 0.1) is 13.8 Å². The quantitative estimate of drug-likeness (QED) is 0.211. The molecule has 1 heterocycles. The smallest absolute Gasteiger partial charge is 0.303 e. The van der Waals surface area contributed by atoms with Gasteiger partial charge in [-0.15, -0.1) is 0 Å². The maximum absolute atomic E-state index is 14.6. The molecule has 1 radical (unpaired) electrons. The van der Waals surface area contributed by atoms with Crippen LogP contribution in [0.1, 0.15) is 66.1 Å². The second-order valence-electron chi connectivity index (χ2n) is 10.1. The summed E-state index contributed by atoms with van der Waals surface area (Å²) in [4.78, 5) is 43.2. The number of rotatable bonds is 9. The molecule has 1 N–H and O–H groups in total. The third-order valence-corrected chi connectivity index (χ3v) is 7.73. The molecule has 41 heavy (non-hydrogen) atoms. The van der Waals surface area contributed by atoms with Crippen LogP contribution in [0.2, 0.25) is 10.0 Å². The van der Waals surface area contributed by atoms with Gasteiger partial charge in [0.15, 0.2) is 0 Å². The molecule has 3 aromatic rings. The van der Waals surface area contributed by atoms with E-state index in [2.05, 4.69) is 0 Å². The normalized spacial score (nSPS) is 16.1. The van der Waals surface area contributed by atoms with Crippen molar-refractivity contribution >= 4 is 76.2 Å². The van der Waals surface area contributed by atoms with Crippen molar-refractivity contribution in [1.29, 1.82) is 0 Å². The first-order valence-electron chi connectivity index (χ1n) is 13.2. The van der Waals surface area contributed by atoms with Crippen LogP contribution in [0.5, 0.6) is 0 Å². The summed E-state index contributed by atoms with van der Waals surface area (Å²) in [5, 5.41) is 10.2. The van der Waals surface area contributed by atoms with E-state index in [4.69, 9.17) is 28.3 Å². The topological polar surface area (TPSA) is 77.9 Å². The fourth-order valence-corrected chi connectivity index (χ4v) is 5.31. The zero-order valence-corrected chi connectivity index (χ0v) is 27.2. The number of benzene rings is 3. The molecule has 0 aliphatic carbocycles. The maximum atomic E-state index is 14.6. The molecule has 9 heteroatoms. The molecule has 2 atom stereocenters. The zero-order chi connectivity index (χ0) is 29.0. The van der Waals surface area contributed by atoms with Crippen LogP contribution in [0.3, 0.4) is 0 Å².